The van der Waals surface area contributed by atoms with Gasteiger partial charge in [0.1, 0.15) is 0 Å². The normalized spacial score (nSPS) is 45.4. The summed E-state index contributed by atoms with van der Waals surface area (Å²) < 4.78 is 0. The van der Waals surface area contributed by atoms with Crippen LogP contribution in [0.15, 0.2) is 0 Å². The number of hydrogen-bond acceptors (Lipinski definition) is 2. The Bertz CT molecular complexity index is 323. The molecule has 120 valence electrons. The van der Waals surface area contributed by atoms with Gasteiger partial charge in [0.15, 0.2) is 0 Å². The van der Waals surface area contributed by atoms with Crippen molar-refractivity contribution >= 4 is 0 Å². The first-order chi connectivity index (χ1) is 10.3. The summed E-state index contributed by atoms with van der Waals surface area (Å²) >= 11 is 0. The molecule has 21 heavy (non-hydrogen) atoms. The molecule has 1 saturated heterocycles. The smallest absolute Gasteiger partial charge is 0.0221 e. The fourth-order valence-electron chi connectivity index (χ4n) is 6.74. The SMILES string of the molecule is CCCN(CC12CC3CC(CC(C3)C1)C2)C1CCCNC1. The summed E-state index contributed by atoms with van der Waals surface area (Å²) in [5.74, 6) is 3.30. The van der Waals surface area contributed by atoms with Gasteiger partial charge in [-0.25, -0.2) is 0 Å². The van der Waals surface area contributed by atoms with E-state index in [-0.39, 0.29) is 0 Å². The van der Waals surface area contributed by atoms with E-state index in [0.717, 1.165) is 29.2 Å². The van der Waals surface area contributed by atoms with Gasteiger partial charge in [0, 0.05) is 19.1 Å². The van der Waals surface area contributed by atoms with Crippen LogP contribution in [0.5, 0.6) is 0 Å². The van der Waals surface area contributed by atoms with E-state index < -0.39 is 0 Å². The molecule has 1 atom stereocenters. The topological polar surface area (TPSA) is 15.3 Å². The molecule has 1 aliphatic heterocycles. The van der Waals surface area contributed by atoms with Crippen LogP contribution >= 0.6 is 0 Å². The van der Waals surface area contributed by atoms with E-state index in [1.807, 2.05) is 0 Å². The largest absolute Gasteiger partial charge is 0.315 e. The molecule has 5 rings (SSSR count). The highest BCUT2D eigenvalue weighted by Crippen LogP contribution is 2.60. The van der Waals surface area contributed by atoms with E-state index in [0.29, 0.717) is 0 Å². The molecule has 1 unspecified atom stereocenters. The lowest BCUT2D eigenvalue weighted by atomic mass is 9.49. The Morgan fingerprint density at radius 1 is 1.05 bits per heavy atom. The highest BCUT2D eigenvalue weighted by molar-refractivity contribution is 5.03. The first-order valence-electron chi connectivity index (χ1n) is 9.71. The maximum Gasteiger partial charge on any atom is 0.0221 e. The highest BCUT2D eigenvalue weighted by atomic mass is 15.2. The molecule has 5 fully saturated rings. The van der Waals surface area contributed by atoms with E-state index in [2.05, 4.69) is 17.1 Å². The standard InChI is InChI=1S/C19H34N2/c1-2-6-21(18-4-3-5-20-13-18)14-19-10-15-7-16(11-19)9-17(8-15)12-19/h15-18,20H,2-14H2,1H3. The predicted octanol–water partition coefficient (Wildman–Crippen LogP) is 3.67. The van der Waals surface area contributed by atoms with Crippen molar-refractivity contribution in [1.82, 2.24) is 10.2 Å². The molecule has 5 aliphatic rings. The summed E-state index contributed by atoms with van der Waals surface area (Å²) in [7, 11) is 0. The minimum Gasteiger partial charge on any atom is -0.315 e. The molecule has 4 bridgehead atoms. The average molecular weight is 290 g/mol. The summed E-state index contributed by atoms with van der Waals surface area (Å²) in [5, 5.41) is 3.64. The van der Waals surface area contributed by atoms with Gasteiger partial charge in [-0.3, -0.25) is 4.90 Å². The number of rotatable bonds is 5. The number of nitrogens with one attached hydrogen (secondary N) is 1. The van der Waals surface area contributed by atoms with Crippen molar-refractivity contribution < 1.29 is 0 Å². The molecule has 0 aromatic heterocycles. The monoisotopic (exact) mass is 290 g/mol. The molecule has 4 saturated carbocycles. The van der Waals surface area contributed by atoms with Crippen molar-refractivity contribution in [1.29, 1.82) is 0 Å². The van der Waals surface area contributed by atoms with Gasteiger partial charge in [-0.05, 0) is 94.0 Å². The van der Waals surface area contributed by atoms with Crippen molar-refractivity contribution in [2.24, 2.45) is 23.2 Å². The molecule has 0 radical (unpaired) electrons. The Morgan fingerprint density at radius 2 is 1.71 bits per heavy atom. The molecular weight excluding hydrogens is 256 g/mol. The lowest BCUT2D eigenvalue weighted by Gasteiger charge is -2.58. The van der Waals surface area contributed by atoms with Crippen molar-refractivity contribution in [3.05, 3.63) is 0 Å². The molecule has 0 amide bonds. The molecule has 1 N–H and O–H groups in total. The predicted molar refractivity (Wildman–Crippen MR) is 88.4 cm³/mol. The van der Waals surface area contributed by atoms with Gasteiger partial charge in [-0.2, -0.15) is 0 Å². The first kappa shape index (κ1) is 14.5. The van der Waals surface area contributed by atoms with Crippen LogP contribution in [0.3, 0.4) is 0 Å². The highest BCUT2D eigenvalue weighted by Gasteiger charge is 2.51. The third-order valence-corrected chi connectivity index (χ3v) is 7.00. The zero-order valence-electron chi connectivity index (χ0n) is 13.9. The molecule has 2 heteroatoms. The first-order valence-corrected chi connectivity index (χ1v) is 9.71. The molecule has 1 heterocycles. The average Bonchev–Trinajstić information content (AvgIpc) is 2.46. The summed E-state index contributed by atoms with van der Waals surface area (Å²) in [5.41, 5.74) is 0.724. The van der Waals surface area contributed by atoms with Crippen LogP contribution in [0.4, 0.5) is 0 Å². The van der Waals surface area contributed by atoms with Crippen LogP contribution in [0.25, 0.3) is 0 Å². The second kappa shape index (κ2) is 5.85. The summed E-state index contributed by atoms with van der Waals surface area (Å²) in [6, 6.07) is 0.826. The van der Waals surface area contributed by atoms with Crippen LogP contribution in [0.2, 0.25) is 0 Å². The van der Waals surface area contributed by atoms with E-state index in [9.17, 15) is 0 Å². The fraction of sp³-hybridized carbons (Fsp3) is 1.00. The molecular formula is C19H34N2. The van der Waals surface area contributed by atoms with Crippen LogP contribution in [0.1, 0.15) is 64.7 Å². The van der Waals surface area contributed by atoms with Gasteiger partial charge in [-0.1, -0.05) is 6.92 Å². The summed E-state index contributed by atoms with van der Waals surface area (Å²) in [6.07, 6.45) is 13.6. The minimum absolute atomic E-state index is 0.724. The molecule has 4 aliphatic carbocycles. The Kier molecular flexibility index (Phi) is 4.04. The quantitative estimate of drug-likeness (QED) is 0.831. The molecule has 2 nitrogen and oxygen atoms in total. The van der Waals surface area contributed by atoms with Crippen molar-refractivity contribution in [2.75, 3.05) is 26.2 Å². The fourth-order valence-corrected chi connectivity index (χ4v) is 6.74. The van der Waals surface area contributed by atoms with Gasteiger partial charge in [0.25, 0.3) is 0 Å². The van der Waals surface area contributed by atoms with Gasteiger partial charge in [-0.15, -0.1) is 0 Å². The van der Waals surface area contributed by atoms with Crippen molar-refractivity contribution in [3.8, 4) is 0 Å². The zero-order chi connectivity index (χ0) is 14.3. The van der Waals surface area contributed by atoms with E-state index in [4.69, 9.17) is 0 Å². The Hall–Kier alpha value is -0.0800. The van der Waals surface area contributed by atoms with Crippen LogP contribution in [0, 0.1) is 23.2 Å². The third-order valence-electron chi connectivity index (χ3n) is 7.00. The number of hydrogen-bond donors (Lipinski definition) is 1. The molecule has 0 spiro atoms. The van der Waals surface area contributed by atoms with Crippen molar-refractivity contribution in [2.45, 2.75) is 70.8 Å². The lowest BCUT2D eigenvalue weighted by Crippen LogP contribution is -2.55. The lowest BCUT2D eigenvalue weighted by molar-refractivity contribution is -0.0755. The van der Waals surface area contributed by atoms with E-state index in [1.165, 1.54) is 45.4 Å². The number of piperidine rings is 1. The Balaban J connectivity index is 1.46. The Labute approximate surface area is 131 Å². The van der Waals surface area contributed by atoms with Crippen molar-refractivity contribution in [3.63, 3.8) is 0 Å². The van der Waals surface area contributed by atoms with Gasteiger partial charge >= 0.3 is 0 Å². The van der Waals surface area contributed by atoms with Gasteiger partial charge in [0.05, 0.1) is 0 Å². The second-order valence-electron chi connectivity index (χ2n) is 8.89. The summed E-state index contributed by atoms with van der Waals surface area (Å²) in [4.78, 5) is 2.90. The number of nitrogens with zero attached hydrogens (tertiary/aromatic N) is 1. The maximum absolute atomic E-state index is 3.64. The van der Waals surface area contributed by atoms with Crippen LogP contribution in [-0.2, 0) is 0 Å². The third kappa shape index (κ3) is 2.91. The van der Waals surface area contributed by atoms with Crippen LogP contribution < -0.4 is 5.32 Å². The van der Waals surface area contributed by atoms with E-state index in [1.54, 1.807) is 38.5 Å². The molecule has 0 aromatic carbocycles. The van der Waals surface area contributed by atoms with Gasteiger partial charge in [0.2, 0.25) is 0 Å². The molecule has 0 aromatic rings. The second-order valence-corrected chi connectivity index (χ2v) is 8.89. The minimum atomic E-state index is 0.724. The maximum atomic E-state index is 3.64. The van der Waals surface area contributed by atoms with Gasteiger partial charge < -0.3 is 5.32 Å². The van der Waals surface area contributed by atoms with Crippen LogP contribution in [-0.4, -0.2) is 37.1 Å². The summed E-state index contributed by atoms with van der Waals surface area (Å²) in [6.45, 7) is 7.61. The zero-order valence-corrected chi connectivity index (χ0v) is 13.9. The van der Waals surface area contributed by atoms with E-state index >= 15 is 0 Å². The Morgan fingerprint density at radius 3 is 2.24 bits per heavy atom.